The zero-order valence-corrected chi connectivity index (χ0v) is 21.0. The number of fused-ring (bicyclic) bond motifs is 2. The Morgan fingerprint density at radius 2 is 2.05 bits per heavy atom. The molecule has 1 aliphatic heterocycles. The van der Waals surface area contributed by atoms with Gasteiger partial charge >= 0.3 is 0 Å². The summed E-state index contributed by atoms with van der Waals surface area (Å²) in [7, 11) is 0. The lowest BCUT2D eigenvalue weighted by molar-refractivity contribution is -0.125. The quantitative estimate of drug-likeness (QED) is 0.315. The number of carbonyl (C=O) groups is 1. The Bertz CT molecular complexity index is 1780. The molecule has 0 bridgehead atoms. The van der Waals surface area contributed by atoms with Crippen molar-refractivity contribution in [1.82, 2.24) is 34.4 Å². The summed E-state index contributed by atoms with van der Waals surface area (Å²) in [5, 5.41) is 7.14. The third-order valence-corrected chi connectivity index (χ3v) is 6.50. The number of nitrogens with zero attached hydrogens (tertiary/aromatic N) is 7. The van der Waals surface area contributed by atoms with Gasteiger partial charge in [0.1, 0.15) is 35.5 Å². The SMILES string of the molecule is C=CC(=O)N1CC=C(c2ccc3ncnc(Nc4cc(C)c(Oc5ccn6ncnc6c5)cc4F)c3n2)CC1. The molecule has 0 fully saturated rings. The van der Waals surface area contributed by atoms with E-state index < -0.39 is 5.82 Å². The van der Waals surface area contributed by atoms with Gasteiger partial charge in [0, 0.05) is 31.4 Å². The van der Waals surface area contributed by atoms with E-state index >= 15 is 4.39 Å². The van der Waals surface area contributed by atoms with E-state index in [0.717, 1.165) is 16.8 Å². The van der Waals surface area contributed by atoms with Crippen molar-refractivity contribution in [2.75, 3.05) is 18.4 Å². The minimum atomic E-state index is -0.510. The van der Waals surface area contributed by atoms with Gasteiger partial charge < -0.3 is 15.0 Å². The van der Waals surface area contributed by atoms with Crippen LogP contribution in [0.4, 0.5) is 15.9 Å². The number of rotatable bonds is 6. The molecule has 0 saturated heterocycles. The Labute approximate surface area is 222 Å². The lowest BCUT2D eigenvalue weighted by Gasteiger charge is -2.25. The number of ether oxygens (including phenoxy) is 1. The van der Waals surface area contributed by atoms with E-state index in [4.69, 9.17) is 9.72 Å². The Balaban J connectivity index is 1.27. The zero-order valence-electron chi connectivity index (χ0n) is 21.0. The molecule has 0 unspecified atom stereocenters. The fourth-order valence-electron chi connectivity index (χ4n) is 4.43. The number of benzene rings is 1. The lowest BCUT2D eigenvalue weighted by Crippen LogP contribution is -2.33. The summed E-state index contributed by atoms with van der Waals surface area (Å²) in [5.74, 6) is 0.672. The molecule has 4 aromatic heterocycles. The molecule has 0 saturated carbocycles. The molecule has 1 aromatic carbocycles. The fraction of sp³-hybridized carbons (Fsp3) is 0.143. The van der Waals surface area contributed by atoms with E-state index in [1.165, 1.54) is 24.8 Å². The van der Waals surface area contributed by atoms with Crippen LogP contribution in [0.1, 0.15) is 17.7 Å². The van der Waals surface area contributed by atoms with Gasteiger partial charge in [-0.15, -0.1) is 0 Å². The number of aromatic nitrogens is 6. The summed E-state index contributed by atoms with van der Waals surface area (Å²) in [4.78, 5) is 31.2. The molecule has 6 rings (SSSR count). The van der Waals surface area contributed by atoms with Gasteiger partial charge in [-0.1, -0.05) is 12.7 Å². The van der Waals surface area contributed by atoms with Crippen LogP contribution in [-0.2, 0) is 4.79 Å². The summed E-state index contributed by atoms with van der Waals surface area (Å²) < 4.78 is 22.8. The summed E-state index contributed by atoms with van der Waals surface area (Å²) in [5.41, 5.74) is 4.49. The highest BCUT2D eigenvalue weighted by atomic mass is 19.1. The van der Waals surface area contributed by atoms with Crippen LogP contribution < -0.4 is 10.1 Å². The van der Waals surface area contributed by atoms with Gasteiger partial charge in [0.05, 0.1) is 16.9 Å². The highest BCUT2D eigenvalue weighted by molar-refractivity contribution is 5.89. The molecule has 1 amide bonds. The molecule has 0 spiro atoms. The van der Waals surface area contributed by atoms with E-state index in [1.54, 1.807) is 33.8 Å². The molecule has 10 nitrogen and oxygen atoms in total. The molecule has 39 heavy (non-hydrogen) atoms. The Kier molecular flexibility index (Phi) is 6.16. The standard InChI is InChI=1S/C28H23FN8O2/c1-3-26(38)36-9-6-18(7-10-36)21-4-5-22-27(34-21)28(32-15-30-22)35-23-12-17(2)24(14-20(23)29)39-19-8-11-37-25(13-19)31-16-33-37/h3-6,8,11-16H,1,7,9-10H2,2H3,(H,30,32,35). The first kappa shape index (κ1) is 24.2. The van der Waals surface area contributed by atoms with Crippen LogP contribution in [0, 0.1) is 12.7 Å². The smallest absolute Gasteiger partial charge is 0.246 e. The van der Waals surface area contributed by atoms with Crippen LogP contribution in [0.3, 0.4) is 0 Å². The molecule has 5 heterocycles. The predicted molar refractivity (Wildman–Crippen MR) is 144 cm³/mol. The second-order valence-corrected chi connectivity index (χ2v) is 9.00. The molecule has 194 valence electrons. The summed E-state index contributed by atoms with van der Waals surface area (Å²) in [6.07, 6.45) is 8.55. The summed E-state index contributed by atoms with van der Waals surface area (Å²) in [6, 6.07) is 10.2. The largest absolute Gasteiger partial charge is 0.457 e. The van der Waals surface area contributed by atoms with Crippen LogP contribution in [0.15, 0.2) is 74.0 Å². The highest BCUT2D eigenvalue weighted by Crippen LogP contribution is 2.32. The van der Waals surface area contributed by atoms with Crippen molar-refractivity contribution in [3.8, 4) is 11.5 Å². The molecule has 0 radical (unpaired) electrons. The van der Waals surface area contributed by atoms with E-state index in [1.807, 2.05) is 25.1 Å². The minimum Gasteiger partial charge on any atom is -0.457 e. The van der Waals surface area contributed by atoms with E-state index in [-0.39, 0.29) is 11.6 Å². The van der Waals surface area contributed by atoms with Gasteiger partial charge in [-0.3, -0.25) is 4.79 Å². The number of anilines is 2. The lowest BCUT2D eigenvalue weighted by atomic mass is 10.0. The number of pyridine rings is 2. The topological polar surface area (TPSA) is 110 Å². The van der Waals surface area contributed by atoms with E-state index in [0.29, 0.717) is 53.5 Å². The fourth-order valence-corrected chi connectivity index (χ4v) is 4.43. The molecular formula is C28H23FN8O2. The predicted octanol–water partition coefficient (Wildman–Crippen LogP) is 4.85. The Morgan fingerprint density at radius 3 is 2.87 bits per heavy atom. The van der Waals surface area contributed by atoms with Crippen LogP contribution in [0.5, 0.6) is 11.5 Å². The Morgan fingerprint density at radius 1 is 1.15 bits per heavy atom. The molecule has 5 aromatic rings. The van der Waals surface area contributed by atoms with Gasteiger partial charge in [0.15, 0.2) is 11.5 Å². The number of carbonyl (C=O) groups excluding carboxylic acids is 1. The maximum absolute atomic E-state index is 15.2. The van der Waals surface area contributed by atoms with Crippen LogP contribution in [0.25, 0.3) is 22.3 Å². The zero-order chi connectivity index (χ0) is 26.9. The molecule has 1 aliphatic rings. The molecular weight excluding hydrogens is 499 g/mol. The summed E-state index contributed by atoms with van der Waals surface area (Å²) >= 11 is 0. The monoisotopic (exact) mass is 522 g/mol. The van der Waals surface area contributed by atoms with Crippen LogP contribution in [-0.4, -0.2) is 53.4 Å². The molecule has 11 heteroatoms. The minimum absolute atomic E-state index is 0.0956. The van der Waals surface area contributed by atoms with Crippen molar-refractivity contribution in [2.45, 2.75) is 13.3 Å². The number of hydrogen-bond donors (Lipinski definition) is 1. The van der Waals surface area contributed by atoms with Crippen molar-refractivity contribution >= 4 is 39.7 Å². The second-order valence-electron chi connectivity index (χ2n) is 9.00. The van der Waals surface area contributed by atoms with Crippen molar-refractivity contribution in [3.05, 3.63) is 91.1 Å². The first-order valence-electron chi connectivity index (χ1n) is 12.3. The number of nitrogens with one attached hydrogen (secondary N) is 1. The normalized spacial score (nSPS) is 13.4. The van der Waals surface area contributed by atoms with Crippen molar-refractivity contribution in [1.29, 1.82) is 0 Å². The van der Waals surface area contributed by atoms with Crippen LogP contribution >= 0.6 is 0 Å². The third-order valence-electron chi connectivity index (χ3n) is 6.50. The Hall–Kier alpha value is -5.19. The molecule has 0 atom stereocenters. The first-order chi connectivity index (χ1) is 19.0. The summed E-state index contributed by atoms with van der Waals surface area (Å²) in [6.45, 7) is 6.45. The van der Waals surface area contributed by atoms with E-state index in [9.17, 15) is 4.79 Å². The van der Waals surface area contributed by atoms with Crippen molar-refractivity contribution < 1.29 is 13.9 Å². The highest BCUT2D eigenvalue weighted by Gasteiger charge is 2.18. The average Bonchev–Trinajstić information content (AvgIpc) is 3.43. The number of aryl methyl sites for hydroxylation is 1. The van der Waals surface area contributed by atoms with Gasteiger partial charge in [-0.25, -0.2) is 28.8 Å². The van der Waals surface area contributed by atoms with Gasteiger partial charge in [0.25, 0.3) is 0 Å². The third kappa shape index (κ3) is 4.77. The average molecular weight is 523 g/mol. The maximum atomic E-state index is 15.2. The van der Waals surface area contributed by atoms with Gasteiger partial charge in [0.2, 0.25) is 5.91 Å². The maximum Gasteiger partial charge on any atom is 0.246 e. The number of halogens is 1. The molecule has 1 N–H and O–H groups in total. The van der Waals surface area contributed by atoms with Gasteiger partial charge in [-0.05, 0) is 54.8 Å². The second kappa shape index (κ2) is 9.93. The van der Waals surface area contributed by atoms with E-state index in [2.05, 4.69) is 31.9 Å². The van der Waals surface area contributed by atoms with Crippen LogP contribution in [0.2, 0.25) is 0 Å². The van der Waals surface area contributed by atoms with Crippen molar-refractivity contribution in [2.24, 2.45) is 0 Å². The molecule has 0 aliphatic carbocycles. The first-order valence-corrected chi connectivity index (χ1v) is 12.3. The van der Waals surface area contributed by atoms with Gasteiger partial charge in [-0.2, -0.15) is 5.10 Å². The number of hydrogen-bond acceptors (Lipinski definition) is 8. The van der Waals surface area contributed by atoms with Crippen molar-refractivity contribution in [3.63, 3.8) is 0 Å². The number of amides is 1.